The van der Waals surface area contributed by atoms with Crippen LogP contribution in [0.1, 0.15) is 15.9 Å². The molecule has 6 heteroatoms. The summed E-state index contributed by atoms with van der Waals surface area (Å²) in [7, 11) is 1.62. The van der Waals surface area contributed by atoms with Gasteiger partial charge in [0.1, 0.15) is 11.5 Å². The van der Waals surface area contributed by atoms with Gasteiger partial charge in [-0.15, -0.1) is 0 Å². The zero-order valence-corrected chi connectivity index (χ0v) is 15.1. The summed E-state index contributed by atoms with van der Waals surface area (Å²) in [4.78, 5) is 12.7. The normalized spacial score (nSPS) is 15.5. The highest BCUT2D eigenvalue weighted by Gasteiger charge is 2.21. The third kappa shape index (κ3) is 3.65. The van der Waals surface area contributed by atoms with E-state index in [2.05, 4.69) is 21.6 Å². The van der Waals surface area contributed by atoms with Gasteiger partial charge in [0, 0.05) is 18.0 Å². The van der Waals surface area contributed by atoms with Gasteiger partial charge >= 0.3 is 0 Å². The van der Waals surface area contributed by atoms with Gasteiger partial charge in [-0.1, -0.05) is 30.3 Å². The molecule has 1 amide bonds. The number of carbonyl (C=O) groups excluding carboxylic acids is 1. The maximum atomic E-state index is 12.7. The summed E-state index contributed by atoms with van der Waals surface area (Å²) in [5.74, 6) is 1.76. The maximum absolute atomic E-state index is 12.7. The molecule has 1 aliphatic heterocycles. The SMILES string of the molecule is COc1cccc(-c2[nH]ncc2C(=O)NC[C@@H]2COc3ccccc3C2)c1. The van der Waals surface area contributed by atoms with Crippen molar-refractivity contribution in [1.29, 1.82) is 0 Å². The highest BCUT2D eigenvalue weighted by Crippen LogP contribution is 2.27. The number of hydrogen-bond donors (Lipinski definition) is 2. The van der Waals surface area contributed by atoms with Crippen molar-refractivity contribution in [3.63, 3.8) is 0 Å². The second kappa shape index (κ2) is 7.53. The Hall–Kier alpha value is -3.28. The second-order valence-electron chi connectivity index (χ2n) is 6.59. The fourth-order valence-corrected chi connectivity index (χ4v) is 3.31. The van der Waals surface area contributed by atoms with Crippen molar-refractivity contribution in [3.05, 3.63) is 65.9 Å². The lowest BCUT2D eigenvalue weighted by Gasteiger charge is -2.25. The molecule has 3 aromatic rings. The highest BCUT2D eigenvalue weighted by molar-refractivity contribution is 5.99. The van der Waals surface area contributed by atoms with Crippen molar-refractivity contribution >= 4 is 5.91 Å². The van der Waals surface area contributed by atoms with Gasteiger partial charge in [-0.25, -0.2) is 0 Å². The van der Waals surface area contributed by atoms with E-state index < -0.39 is 0 Å². The molecule has 0 bridgehead atoms. The number of hydrogen-bond acceptors (Lipinski definition) is 4. The van der Waals surface area contributed by atoms with Crippen LogP contribution in [0.15, 0.2) is 54.7 Å². The van der Waals surface area contributed by atoms with Crippen LogP contribution in [0.3, 0.4) is 0 Å². The number of amides is 1. The van der Waals surface area contributed by atoms with E-state index in [1.807, 2.05) is 42.5 Å². The van der Waals surface area contributed by atoms with Crippen LogP contribution in [0.5, 0.6) is 11.5 Å². The Bertz CT molecular complexity index is 951. The number of methoxy groups -OCH3 is 1. The fourth-order valence-electron chi connectivity index (χ4n) is 3.31. The number of nitrogens with one attached hydrogen (secondary N) is 2. The average Bonchev–Trinajstić information content (AvgIpc) is 3.22. The smallest absolute Gasteiger partial charge is 0.255 e. The summed E-state index contributed by atoms with van der Waals surface area (Å²) in [5, 5.41) is 9.98. The summed E-state index contributed by atoms with van der Waals surface area (Å²) in [6.45, 7) is 1.15. The molecule has 1 aliphatic rings. The minimum atomic E-state index is -0.152. The summed E-state index contributed by atoms with van der Waals surface area (Å²) < 4.78 is 11.1. The van der Waals surface area contributed by atoms with Crippen molar-refractivity contribution in [3.8, 4) is 22.8 Å². The van der Waals surface area contributed by atoms with Crippen LogP contribution >= 0.6 is 0 Å². The van der Waals surface area contributed by atoms with Crippen molar-refractivity contribution in [2.24, 2.45) is 5.92 Å². The number of carbonyl (C=O) groups is 1. The molecule has 0 saturated carbocycles. The van der Waals surface area contributed by atoms with Gasteiger partial charge in [0.15, 0.2) is 0 Å². The number of nitrogens with zero attached hydrogens (tertiary/aromatic N) is 1. The fraction of sp³-hybridized carbons (Fsp3) is 0.238. The summed E-state index contributed by atoms with van der Waals surface area (Å²) in [5.41, 5.74) is 3.23. The van der Waals surface area contributed by atoms with Crippen LogP contribution in [0, 0.1) is 5.92 Å². The lowest BCUT2D eigenvalue weighted by molar-refractivity contribution is 0.0939. The van der Waals surface area contributed by atoms with Crippen LogP contribution in [0.2, 0.25) is 0 Å². The molecule has 6 nitrogen and oxygen atoms in total. The molecule has 2 aromatic carbocycles. The molecular formula is C21H21N3O3. The van der Waals surface area contributed by atoms with Gasteiger partial charge in [0.05, 0.1) is 31.2 Å². The molecular weight excluding hydrogens is 342 g/mol. The molecule has 1 atom stereocenters. The molecule has 1 aromatic heterocycles. The van der Waals surface area contributed by atoms with Crippen LogP contribution in [-0.4, -0.2) is 36.4 Å². The monoisotopic (exact) mass is 363 g/mol. The van der Waals surface area contributed by atoms with Crippen LogP contribution in [-0.2, 0) is 6.42 Å². The van der Waals surface area contributed by atoms with Crippen molar-refractivity contribution in [2.45, 2.75) is 6.42 Å². The van der Waals surface area contributed by atoms with E-state index in [4.69, 9.17) is 9.47 Å². The number of benzene rings is 2. The third-order valence-corrected chi connectivity index (χ3v) is 4.75. The lowest BCUT2D eigenvalue weighted by Crippen LogP contribution is -2.34. The Balaban J connectivity index is 1.43. The lowest BCUT2D eigenvalue weighted by atomic mass is 9.96. The molecule has 0 fully saturated rings. The average molecular weight is 363 g/mol. The second-order valence-corrected chi connectivity index (χ2v) is 6.59. The van der Waals surface area contributed by atoms with Gasteiger partial charge in [-0.05, 0) is 30.2 Å². The number of ether oxygens (including phenoxy) is 2. The first-order chi connectivity index (χ1) is 13.2. The zero-order valence-electron chi connectivity index (χ0n) is 15.1. The van der Waals surface area contributed by atoms with Crippen molar-refractivity contribution in [2.75, 3.05) is 20.3 Å². The molecule has 4 rings (SSSR count). The number of fused-ring (bicyclic) bond motifs is 1. The molecule has 0 aliphatic carbocycles. The van der Waals surface area contributed by atoms with Gasteiger partial charge < -0.3 is 14.8 Å². The number of H-pyrrole nitrogens is 1. The van der Waals surface area contributed by atoms with Gasteiger partial charge in [0.2, 0.25) is 0 Å². The number of aromatic amines is 1. The molecule has 27 heavy (non-hydrogen) atoms. The van der Waals surface area contributed by atoms with E-state index in [9.17, 15) is 4.79 Å². The predicted molar refractivity (Wildman–Crippen MR) is 102 cm³/mol. The number of para-hydroxylation sites is 1. The van der Waals surface area contributed by atoms with Crippen molar-refractivity contribution < 1.29 is 14.3 Å². The van der Waals surface area contributed by atoms with Gasteiger partial charge in [-0.2, -0.15) is 5.10 Å². The molecule has 0 saturated heterocycles. The van der Waals surface area contributed by atoms with Gasteiger partial charge in [-0.3, -0.25) is 9.89 Å². The topological polar surface area (TPSA) is 76.2 Å². The Morgan fingerprint density at radius 3 is 3.07 bits per heavy atom. The Morgan fingerprint density at radius 2 is 2.19 bits per heavy atom. The minimum absolute atomic E-state index is 0.152. The van der Waals surface area contributed by atoms with E-state index in [-0.39, 0.29) is 11.8 Å². The van der Waals surface area contributed by atoms with Gasteiger partial charge in [0.25, 0.3) is 5.91 Å². The van der Waals surface area contributed by atoms with E-state index in [0.717, 1.165) is 23.5 Å². The first-order valence-corrected chi connectivity index (χ1v) is 8.91. The first-order valence-electron chi connectivity index (χ1n) is 8.91. The van der Waals surface area contributed by atoms with E-state index in [0.29, 0.717) is 24.4 Å². The molecule has 0 radical (unpaired) electrons. The Kier molecular flexibility index (Phi) is 4.78. The van der Waals surface area contributed by atoms with Crippen LogP contribution < -0.4 is 14.8 Å². The number of aromatic nitrogens is 2. The van der Waals surface area contributed by atoms with E-state index in [1.54, 1.807) is 13.3 Å². The summed E-state index contributed by atoms with van der Waals surface area (Å²) in [6.07, 6.45) is 2.45. The maximum Gasteiger partial charge on any atom is 0.255 e. The van der Waals surface area contributed by atoms with Crippen LogP contribution in [0.4, 0.5) is 0 Å². The zero-order chi connectivity index (χ0) is 18.6. The summed E-state index contributed by atoms with van der Waals surface area (Å²) in [6, 6.07) is 15.6. The third-order valence-electron chi connectivity index (χ3n) is 4.75. The molecule has 0 spiro atoms. The summed E-state index contributed by atoms with van der Waals surface area (Å²) >= 11 is 0. The highest BCUT2D eigenvalue weighted by atomic mass is 16.5. The predicted octanol–water partition coefficient (Wildman–Crippen LogP) is 3.07. The largest absolute Gasteiger partial charge is 0.497 e. The Morgan fingerprint density at radius 1 is 1.30 bits per heavy atom. The molecule has 2 N–H and O–H groups in total. The van der Waals surface area contributed by atoms with Crippen molar-refractivity contribution in [1.82, 2.24) is 15.5 Å². The Labute approximate surface area is 157 Å². The number of rotatable bonds is 5. The quantitative estimate of drug-likeness (QED) is 0.730. The molecule has 138 valence electrons. The van der Waals surface area contributed by atoms with Crippen LogP contribution in [0.25, 0.3) is 11.3 Å². The first kappa shape index (κ1) is 17.1. The van der Waals surface area contributed by atoms with E-state index in [1.165, 1.54) is 5.56 Å². The minimum Gasteiger partial charge on any atom is -0.497 e. The standard InChI is InChI=1S/C21H21N3O3/c1-26-17-7-4-6-16(10-17)20-18(12-23-24-20)21(25)22-11-14-9-15-5-2-3-8-19(15)27-13-14/h2-8,10,12,14H,9,11,13H2,1H3,(H,22,25)(H,23,24)/t14-/m1/s1. The molecule has 2 heterocycles. The molecule has 0 unspecified atom stereocenters. The van der Waals surface area contributed by atoms with E-state index >= 15 is 0 Å².